The van der Waals surface area contributed by atoms with Crippen molar-refractivity contribution in [2.45, 2.75) is 23.5 Å². The third-order valence-corrected chi connectivity index (χ3v) is 4.22. The van der Waals surface area contributed by atoms with Crippen molar-refractivity contribution in [2.24, 2.45) is 0 Å². The molecule has 2 rings (SSSR count). The highest BCUT2D eigenvalue weighted by Crippen LogP contribution is 2.24. The van der Waals surface area contributed by atoms with E-state index in [1.54, 1.807) is 6.92 Å². The summed E-state index contributed by atoms with van der Waals surface area (Å²) in [6.07, 6.45) is 0.759. The number of halogens is 2. The fraction of sp³-hybridized carbons (Fsp3) is 0.235. The predicted molar refractivity (Wildman–Crippen MR) is 84.8 cm³/mol. The van der Waals surface area contributed by atoms with Crippen molar-refractivity contribution in [3.8, 4) is 0 Å². The molecule has 1 amide bonds. The van der Waals surface area contributed by atoms with Crippen LogP contribution in [0.2, 0.25) is 0 Å². The van der Waals surface area contributed by atoms with Gasteiger partial charge in [-0.25, -0.2) is 8.78 Å². The van der Waals surface area contributed by atoms with Crippen molar-refractivity contribution in [3.63, 3.8) is 0 Å². The monoisotopic (exact) mass is 321 g/mol. The molecule has 22 heavy (non-hydrogen) atoms. The Bertz CT molecular complexity index is 634. The van der Waals surface area contributed by atoms with Crippen LogP contribution in [0.15, 0.2) is 53.4 Å². The van der Waals surface area contributed by atoms with Gasteiger partial charge >= 0.3 is 0 Å². The number of carbonyl (C=O) groups excluding carboxylic acids is 1. The number of thioether (sulfide) groups is 1. The second kappa shape index (κ2) is 7.94. The van der Waals surface area contributed by atoms with Gasteiger partial charge in [0.1, 0.15) is 0 Å². The van der Waals surface area contributed by atoms with Crippen molar-refractivity contribution < 1.29 is 13.6 Å². The van der Waals surface area contributed by atoms with Gasteiger partial charge in [0.05, 0.1) is 5.25 Å². The lowest BCUT2D eigenvalue weighted by Crippen LogP contribution is -2.32. The van der Waals surface area contributed by atoms with E-state index >= 15 is 0 Å². The molecule has 0 fully saturated rings. The first kappa shape index (κ1) is 16.5. The van der Waals surface area contributed by atoms with Crippen LogP contribution in [0, 0.1) is 11.6 Å². The summed E-state index contributed by atoms with van der Waals surface area (Å²) in [7, 11) is 0. The lowest BCUT2D eigenvalue weighted by Gasteiger charge is -2.12. The first-order valence-electron chi connectivity index (χ1n) is 6.99. The molecule has 0 saturated carbocycles. The van der Waals surface area contributed by atoms with Gasteiger partial charge in [0, 0.05) is 11.4 Å². The molecule has 0 aliphatic heterocycles. The van der Waals surface area contributed by atoms with E-state index in [-0.39, 0.29) is 11.2 Å². The van der Waals surface area contributed by atoms with E-state index in [2.05, 4.69) is 5.32 Å². The SMILES string of the molecule is CC(Sc1ccc(F)c(F)c1)C(=O)NCCc1ccccc1. The molecule has 0 spiro atoms. The highest BCUT2D eigenvalue weighted by atomic mass is 32.2. The smallest absolute Gasteiger partial charge is 0.233 e. The molecule has 0 aliphatic carbocycles. The van der Waals surface area contributed by atoms with Gasteiger partial charge in [0.15, 0.2) is 11.6 Å². The minimum Gasteiger partial charge on any atom is -0.355 e. The molecule has 0 bridgehead atoms. The zero-order chi connectivity index (χ0) is 15.9. The molecule has 116 valence electrons. The molecule has 1 atom stereocenters. The average molecular weight is 321 g/mol. The van der Waals surface area contributed by atoms with Crippen LogP contribution in [-0.2, 0) is 11.2 Å². The first-order chi connectivity index (χ1) is 10.6. The number of hydrogen-bond acceptors (Lipinski definition) is 2. The zero-order valence-electron chi connectivity index (χ0n) is 12.2. The minimum absolute atomic E-state index is 0.120. The fourth-order valence-electron chi connectivity index (χ4n) is 1.93. The third-order valence-electron chi connectivity index (χ3n) is 3.13. The van der Waals surface area contributed by atoms with Crippen LogP contribution in [-0.4, -0.2) is 17.7 Å². The summed E-state index contributed by atoms with van der Waals surface area (Å²) >= 11 is 1.20. The second-order valence-corrected chi connectivity index (χ2v) is 6.28. The molecular weight excluding hydrogens is 304 g/mol. The van der Waals surface area contributed by atoms with Gasteiger partial charge < -0.3 is 5.32 Å². The number of hydrogen-bond donors (Lipinski definition) is 1. The molecule has 2 aromatic rings. The van der Waals surface area contributed by atoms with Gasteiger partial charge in [-0.3, -0.25) is 4.79 Å². The molecule has 0 saturated heterocycles. The second-order valence-electron chi connectivity index (χ2n) is 4.86. The Labute approximate surface area is 132 Å². The van der Waals surface area contributed by atoms with E-state index in [9.17, 15) is 13.6 Å². The van der Waals surface area contributed by atoms with E-state index < -0.39 is 11.6 Å². The maximum Gasteiger partial charge on any atom is 0.233 e. The summed E-state index contributed by atoms with van der Waals surface area (Å²) in [5.41, 5.74) is 1.16. The molecule has 2 nitrogen and oxygen atoms in total. The van der Waals surface area contributed by atoms with Crippen molar-refractivity contribution in [3.05, 3.63) is 65.7 Å². The molecule has 2 aromatic carbocycles. The molecular formula is C17H17F2NOS. The standard InChI is InChI=1S/C17H17F2NOS/c1-12(22-14-7-8-15(18)16(19)11-14)17(21)20-10-9-13-5-3-2-4-6-13/h2-8,11-12H,9-10H2,1H3,(H,20,21). The Morgan fingerprint density at radius 2 is 1.86 bits per heavy atom. The quantitative estimate of drug-likeness (QED) is 0.820. The number of carbonyl (C=O) groups is 1. The molecule has 0 aliphatic rings. The Kier molecular flexibility index (Phi) is 5.95. The molecule has 1 N–H and O–H groups in total. The lowest BCUT2D eigenvalue weighted by molar-refractivity contribution is -0.120. The van der Waals surface area contributed by atoms with Crippen LogP contribution in [0.1, 0.15) is 12.5 Å². The van der Waals surface area contributed by atoms with Crippen LogP contribution in [0.25, 0.3) is 0 Å². The van der Waals surface area contributed by atoms with Crippen molar-refractivity contribution in [1.82, 2.24) is 5.32 Å². The molecule has 0 aromatic heterocycles. The highest BCUT2D eigenvalue weighted by molar-refractivity contribution is 8.00. The predicted octanol–water partition coefficient (Wildman–Crippen LogP) is 3.80. The number of nitrogens with one attached hydrogen (secondary N) is 1. The van der Waals surface area contributed by atoms with Crippen LogP contribution in [0.5, 0.6) is 0 Å². The summed E-state index contributed by atoms with van der Waals surface area (Å²) in [6, 6.07) is 13.5. The van der Waals surface area contributed by atoms with E-state index in [1.807, 2.05) is 30.3 Å². The van der Waals surface area contributed by atoms with Crippen molar-refractivity contribution in [1.29, 1.82) is 0 Å². The Hall–Kier alpha value is -1.88. The first-order valence-corrected chi connectivity index (χ1v) is 7.87. The van der Waals surface area contributed by atoms with Crippen molar-refractivity contribution in [2.75, 3.05) is 6.54 Å². The largest absolute Gasteiger partial charge is 0.355 e. The Balaban J connectivity index is 1.80. The van der Waals surface area contributed by atoms with Crippen LogP contribution >= 0.6 is 11.8 Å². The Morgan fingerprint density at radius 1 is 1.14 bits per heavy atom. The van der Waals surface area contributed by atoms with Crippen LogP contribution < -0.4 is 5.32 Å². The third kappa shape index (κ3) is 4.84. The Morgan fingerprint density at radius 3 is 2.55 bits per heavy atom. The fourth-order valence-corrected chi connectivity index (χ4v) is 2.84. The maximum atomic E-state index is 13.1. The van der Waals surface area contributed by atoms with Gasteiger partial charge in [-0.2, -0.15) is 0 Å². The summed E-state index contributed by atoms with van der Waals surface area (Å²) in [5.74, 6) is -1.91. The minimum atomic E-state index is -0.901. The number of benzene rings is 2. The van der Waals surface area contributed by atoms with Gasteiger partial charge in [0.2, 0.25) is 5.91 Å². The van der Waals surface area contributed by atoms with Gasteiger partial charge in [-0.05, 0) is 37.1 Å². The van der Waals surface area contributed by atoms with E-state index in [1.165, 1.54) is 17.8 Å². The zero-order valence-corrected chi connectivity index (χ0v) is 13.0. The molecule has 0 radical (unpaired) electrons. The summed E-state index contributed by atoms with van der Waals surface area (Å²) in [6.45, 7) is 2.29. The highest BCUT2D eigenvalue weighted by Gasteiger charge is 2.14. The van der Waals surface area contributed by atoms with E-state index in [0.29, 0.717) is 11.4 Å². The summed E-state index contributed by atoms with van der Waals surface area (Å²) < 4.78 is 26.0. The average Bonchev–Trinajstić information content (AvgIpc) is 2.52. The molecule has 0 heterocycles. The van der Waals surface area contributed by atoms with Crippen molar-refractivity contribution >= 4 is 17.7 Å². The summed E-state index contributed by atoms with van der Waals surface area (Å²) in [4.78, 5) is 12.5. The van der Waals surface area contributed by atoms with Crippen LogP contribution in [0.4, 0.5) is 8.78 Å². The van der Waals surface area contributed by atoms with E-state index in [0.717, 1.165) is 24.1 Å². The maximum absolute atomic E-state index is 13.1. The van der Waals surface area contributed by atoms with Gasteiger partial charge in [0.25, 0.3) is 0 Å². The lowest BCUT2D eigenvalue weighted by atomic mass is 10.1. The number of rotatable bonds is 6. The van der Waals surface area contributed by atoms with E-state index in [4.69, 9.17) is 0 Å². The summed E-state index contributed by atoms with van der Waals surface area (Å²) in [5, 5.41) is 2.48. The number of amides is 1. The van der Waals surface area contributed by atoms with Crippen LogP contribution in [0.3, 0.4) is 0 Å². The topological polar surface area (TPSA) is 29.1 Å². The normalized spacial score (nSPS) is 12.0. The molecule has 1 unspecified atom stereocenters. The van der Waals surface area contributed by atoms with Gasteiger partial charge in [-0.1, -0.05) is 30.3 Å². The molecule has 5 heteroatoms. The van der Waals surface area contributed by atoms with Gasteiger partial charge in [-0.15, -0.1) is 11.8 Å².